The number of halogens is 1. The number of nitrogens with one attached hydrogen (secondary N) is 1. The summed E-state index contributed by atoms with van der Waals surface area (Å²) in [7, 11) is 0. The number of carbonyl (C=O) groups is 1. The van der Waals surface area contributed by atoms with Crippen LogP contribution in [-0.2, 0) is 0 Å². The van der Waals surface area contributed by atoms with Crippen LogP contribution < -0.4 is 0 Å². The zero-order valence-electron chi connectivity index (χ0n) is 9.66. The van der Waals surface area contributed by atoms with Gasteiger partial charge in [-0.15, -0.1) is 0 Å². The van der Waals surface area contributed by atoms with Crippen molar-refractivity contribution < 1.29 is 9.21 Å². The topological polar surface area (TPSA) is 46.0 Å². The van der Waals surface area contributed by atoms with E-state index in [1.54, 1.807) is 19.2 Å². The molecule has 1 N–H and O–H groups in total. The van der Waals surface area contributed by atoms with Gasteiger partial charge in [-0.1, -0.05) is 22.0 Å². The Kier molecular flexibility index (Phi) is 2.59. The number of aromatic nitrogens is 1. The lowest BCUT2D eigenvalue weighted by Gasteiger charge is -1.98. The largest absolute Gasteiger partial charge is 0.469 e. The molecular weight excluding hydrogens is 294 g/mol. The minimum absolute atomic E-state index is 0.0187. The molecule has 0 amide bonds. The Morgan fingerprint density at radius 3 is 2.83 bits per heavy atom. The first-order chi connectivity index (χ1) is 8.66. The minimum Gasteiger partial charge on any atom is -0.469 e. The third kappa shape index (κ3) is 1.69. The summed E-state index contributed by atoms with van der Waals surface area (Å²) < 4.78 is 6.16. The molecule has 0 saturated heterocycles. The Hall–Kier alpha value is -1.81. The fourth-order valence-electron chi connectivity index (χ4n) is 2.05. The summed E-state index contributed by atoms with van der Waals surface area (Å²) >= 11 is 3.41. The van der Waals surface area contributed by atoms with Gasteiger partial charge in [0.05, 0.1) is 11.8 Å². The number of fused-ring (bicyclic) bond motifs is 1. The summed E-state index contributed by atoms with van der Waals surface area (Å²) in [5.74, 6) is 0.626. The van der Waals surface area contributed by atoms with Crippen molar-refractivity contribution in [2.24, 2.45) is 0 Å². The summed E-state index contributed by atoms with van der Waals surface area (Å²) in [6, 6.07) is 7.51. The molecule has 0 aliphatic rings. The molecule has 4 heteroatoms. The van der Waals surface area contributed by atoms with Crippen molar-refractivity contribution in [1.82, 2.24) is 4.98 Å². The first-order valence-electron chi connectivity index (χ1n) is 5.52. The number of furan rings is 1. The number of ketones is 1. The van der Waals surface area contributed by atoms with E-state index in [0.29, 0.717) is 16.9 Å². The second-order valence-electron chi connectivity index (χ2n) is 4.11. The lowest BCUT2D eigenvalue weighted by atomic mass is 10.0. The SMILES string of the molecule is Cc1occc1C(=O)c1c[nH]c2cc(Br)ccc12. The van der Waals surface area contributed by atoms with Crippen LogP contribution in [0.1, 0.15) is 21.7 Å². The van der Waals surface area contributed by atoms with Crippen LogP contribution in [0.4, 0.5) is 0 Å². The highest BCUT2D eigenvalue weighted by atomic mass is 79.9. The van der Waals surface area contributed by atoms with Crippen molar-refractivity contribution in [3.05, 3.63) is 58.1 Å². The Labute approximate surface area is 112 Å². The fourth-order valence-corrected chi connectivity index (χ4v) is 2.41. The monoisotopic (exact) mass is 303 g/mol. The summed E-state index contributed by atoms with van der Waals surface area (Å²) in [4.78, 5) is 15.5. The summed E-state index contributed by atoms with van der Waals surface area (Å²) in [5, 5.41) is 0.920. The normalized spacial score (nSPS) is 11.0. The van der Waals surface area contributed by atoms with Gasteiger partial charge in [-0.3, -0.25) is 4.79 Å². The lowest BCUT2D eigenvalue weighted by molar-refractivity contribution is 0.103. The van der Waals surface area contributed by atoms with Gasteiger partial charge in [-0.05, 0) is 25.1 Å². The molecule has 0 atom stereocenters. The lowest BCUT2D eigenvalue weighted by Crippen LogP contribution is -2.00. The van der Waals surface area contributed by atoms with Gasteiger partial charge in [-0.2, -0.15) is 0 Å². The molecule has 1 aromatic carbocycles. The van der Waals surface area contributed by atoms with E-state index >= 15 is 0 Å². The second kappa shape index (κ2) is 4.14. The number of aromatic amines is 1. The van der Waals surface area contributed by atoms with Gasteiger partial charge in [0.15, 0.2) is 5.78 Å². The van der Waals surface area contributed by atoms with Crippen molar-refractivity contribution in [1.29, 1.82) is 0 Å². The maximum atomic E-state index is 12.4. The summed E-state index contributed by atoms with van der Waals surface area (Å²) in [5.41, 5.74) is 2.22. The highest BCUT2D eigenvalue weighted by Gasteiger charge is 2.17. The Morgan fingerprint density at radius 2 is 2.11 bits per heavy atom. The van der Waals surface area contributed by atoms with Crippen LogP contribution in [0.25, 0.3) is 10.9 Å². The number of hydrogen-bond acceptors (Lipinski definition) is 2. The van der Waals surface area contributed by atoms with E-state index in [9.17, 15) is 4.79 Å². The molecular formula is C14H10BrNO2. The summed E-state index contributed by atoms with van der Waals surface area (Å²) in [6.45, 7) is 1.79. The Bertz CT molecular complexity index is 739. The number of aryl methyl sites for hydroxylation is 1. The highest BCUT2D eigenvalue weighted by molar-refractivity contribution is 9.10. The molecule has 3 rings (SSSR count). The summed E-state index contributed by atoms with van der Waals surface area (Å²) in [6.07, 6.45) is 3.28. The molecule has 2 heterocycles. The first kappa shape index (κ1) is 11.3. The van der Waals surface area contributed by atoms with Crippen LogP contribution in [0.15, 0.2) is 45.6 Å². The first-order valence-corrected chi connectivity index (χ1v) is 6.31. The van der Waals surface area contributed by atoms with Crippen molar-refractivity contribution in [2.45, 2.75) is 6.92 Å². The number of benzene rings is 1. The van der Waals surface area contributed by atoms with E-state index < -0.39 is 0 Å². The smallest absolute Gasteiger partial charge is 0.198 e. The van der Waals surface area contributed by atoms with Gasteiger partial charge in [0, 0.05) is 27.1 Å². The molecule has 0 fully saturated rings. The standard InChI is InChI=1S/C14H10BrNO2/c1-8-10(4-5-18-8)14(17)12-7-16-13-6-9(15)2-3-11(12)13/h2-7,16H,1H3. The number of H-pyrrole nitrogens is 1. The van der Waals surface area contributed by atoms with Gasteiger partial charge in [-0.25, -0.2) is 0 Å². The molecule has 0 aliphatic heterocycles. The molecule has 2 aromatic heterocycles. The Morgan fingerprint density at radius 1 is 1.28 bits per heavy atom. The van der Waals surface area contributed by atoms with Crippen LogP contribution >= 0.6 is 15.9 Å². The van der Waals surface area contributed by atoms with Gasteiger partial charge in [0.2, 0.25) is 0 Å². The average molecular weight is 304 g/mol. The van der Waals surface area contributed by atoms with E-state index in [1.807, 2.05) is 18.2 Å². The number of hydrogen-bond donors (Lipinski definition) is 1. The molecule has 0 spiro atoms. The van der Waals surface area contributed by atoms with E-state index in [2.05, 4.69) is 20.9 Å². The van der Waals surface area contributed by atoms with Crippen molar-refractivity contribution >= 4 is 32.6 Å². The second-order valence-corrected chi connectivity index (χ2v) is 5.03. The third-order valence-electron chi connectivity index (χ3n) is 2.99. The zero-order chi connectivity index (χ0) is 12.7. The van der Waals surface area contributed by atoms with Crippen molar-refractivity contribution in [3.8, 4) is 0 Å². The van der Waals surface area contributed by atoms with Gasteiger partial charge < -0.3 is 9.40 Å². The molecule has 18 heavy (non-hydrogen) atoms. The van der Waals surface area contributed by atoms with Crippen LogP contribution in [0.3, 0.4) is 0 Å². The average Bonchev–Trinajstić information content (AvgIpc) is 2.94. The van der Waals surface area contributed by atoms with Crippen molar-refractivity contribution in [3.63, 3.8) is 0 Å². The molecule has 0 saturated carbocycles. The van der Waals surface area contributed by atoms with Gasteiger partial charge in [0.25, 0.3) is 0 Å². The van der Waals surface area contributed by atoms with Gasteiger partial charge in [0.1, 0.15) is 5.76 Å². The highest BCUT2D eigenvalue weighted by Crippen LogP contribution is 2.25. The fraction of sp³-hybridized carbons (Fsp3) is 0.0714. The van der Waals surface area contributed by atoms with Crippen molar-refractivity contribution in [2.75, 3.05) is 0 Å². The molecule has 0 radical (unpaired) electrons. The quantitative estimate of drug-likeness (QED) is 0.726. The molecule has 0 bridgehead atoms. The molecule has 0 unspecified atom stereocenters. The molecule has 3 nitrogen and oxygen atoms in total. The van der Waals surface area contributed by atoms with Crippen LogP contribution in [0.2, 0.25) is 0 Å². The maximum absolute atomic E-state index is 12.4. The Balaban J connectivity index is 2.16. The van der Waals surface area contributed by atoms with Crippen LogP contribution in [-0.4, -0.2) is 10.8 Å². The van der Waals surface area contributed by atoms with E-state index in [-0.39, 0.29) is 5.78 Å². The number of rotatable bonds is 2. The van der Waals surface area contributed by atoms with E-state index in [0.717, 1.165) is 15.4 Å². The van der Waals surface area contributed by atoms with Gasteiger partial charge >= 0.3 is 0 Å². The minimum atomic E-state index is -0.0187. The molecule has 3 aromatic rings. The zero-order valence-corrected chi connectivity index (χ0v) is 11.2. The third-order valence-corrected chi connectivity index (χ3v) is 3.49. The molecule has 90 valence electrons. The van der Waals surface area contributed by atoms with Crippen LogP contribution in [0.5, 0.6) is 0 Å². The van der Waals surface area contributed by atoms with E-state index in [4.69, 9.17) is 4.42 Å². The van der Waals surface area contributed by atoms with E-state index in [1.165, 1.54) is 6.26 Å². The predicted octanol–water partition coefficient (Wildman–Crippen LogP) is 4.06. The maximum Gasteiger partial charge on any atom is 0.198 e. The predicted molar refractivity (Wildman–Crippen MR) is 72.9 cm³/mol. The molecule has 0 aliphatic carbocycles. The van der Waals surface area contributed by atoms with Crippen LogP contribution in [0, 0.1) is 6.92 Å². The number of carbonyl (C=O) groups excluding carboxylic acids is 1.